The van der Waals surface area contributed by atoms with Gasteiger partial charge in [0.2, 0.25) is 0 Å². The summed E-state index contributed by atoms with van der Waals surface area (Å²) in [5, 5.41) is 7.38. The summed E-state index contributed by atoms with van der Waals surface area (Å²) in [5.41, 5.74) is 0.309. The Morgan fingerprint density at radius 2 is 2.26 bits per heavy atom. The summed E-state index contributed by atoms with van der Waals surface area (Å²) in [6.45, 7) is 2.62. The Morgan fingerprint density at radius 3 is 2.89 bits per heavy atom. The maximum Gasteiger partial charge on any atom is 0.287 e. The lowest BCUT2D eigenvalue weighted by atomic mass is 10.4. The van der Waals surface area contributed by atoms with Gasteiger partial charge in [0.25, 0.3) is 5.56 Å². The number of hydrogen-bond acceptors (Lipinski definition) is 5. The summed E-state index contributed by atoms with van der Waals surface area (Å²) in [6.07, 6.45) is 2.43. The number of halogens is 1. The SMILES string of the molecule is COCCCNc1cnn(CCN(C)C)c(=O)c1Cl. The smallest absolute Gasteiger partial charge is 0.287 e. The Balaban J connectivity index is 2.66. The lowest BCUT2D eigenvalue weighted by Gasteiger charge is -2.12. The van der Waals surface area contributed by atoms with Gasteiger partial charge in [0, 0.05) is 26.8 Å². The quantitative estimate of drug-likeness (QED) is 0.721. The Hall–Kier alpha value is -1.11. The van der Waals surface area contributed by atoms with Crippen LogP contribution < -0.4 is 10.9 Å². The molecule has 0 aliphatic carbocycles. The van der Waals surface area contributed by atoms with Gasteiger partial charge < -0.3 is 15.0 Å². The van der Waals surface area contributed by atoms with Gasteiger partial charge in [0.05, 0.1) is 18.4 Å². The van der Waals surface area contributed by atoms with E-state index in [2.05, 4.69) is 10.4 Å². The summed E-state index contributed by atoms with van der Waals surface area (Å²) in [4.78, 5) is 14.0. The van der Waals surface area contributed by atoms with E-state index < -0.39 is 0 Å². The fraction of sp³-hybridized carbons (Fsp3) is 0.667. The first kappa shape index (κ1) is 15.9. The number of methoxy groups -OCH3 is 1. The topological polar surface area (TPSA) is 59.4 Å². The van der Waals surface area contributed by atoms with Crippen molar-refractivity contribution in [2.24, 2.45) is 0 Å². The van der Waals surface area contributed by atoms with Crippen LogP contribution in [0.3, 0.4) is 0 Å². The molecule has 0 atom stereocenters. The van der Waals surface area contributed by atoms with Crippen LogP contribution in [-0.4, -0.2) is 55.6 Å². The van der Waals surface area contributed by atoms with E-state index in [9.17, 15) is 4.79 Å². The molecule has 0 aliphatic rings. The zero-order valence-electron chi connectivity index (χ0n) is 11.6. The number of nitrogens with one attached hydrogen (secondary N) is 1. The van der Waals surface area contributed by atoms with Crippen LogP contribution in [0.15, 0.2) is 11.0 Å². The van der Waals surface area contributed by atoms with Gasteiger partial charge in [-0.15, -0.1) is 0 Å². The lowest BCUT2D eigenvalue weighted by molar-refractivity contribution is 0.198. The molecule has 0 unspecified atom stereocenters. The normalized spacial score (nSPS) is 11.0. The lowest BCUT2D eigenvalue weighted by Crippen LogP contribution is -2.29. The van der Waals surface area contributed by atoms with E-state index in [-0.39, 0.29) is 10.6 Å². The third-order valence-corrected chi connectivity index (χ3v) is 2.95. The molecule has 1 aromatic heterocycles. The van der Waals surface area contributed by atoms with Crippen molar-refractivity contribution in [3.05, 3.63) is 21.6 Å². The van der Waals surface area contributed by atoms with Crippen molar-refractivity contribution in [1.82, 2.24) is 14.7 Å². The molecule has 0 aromatic carbocycles. The number of ether oxygens (including phenoxy) is 1. The first-order valence-corrected chi connectivity index (χ1v) is 6.57. The Kier molecular flexibility index (Phi) is 6.83. The summed E-state index contributed by atoms with van der Waals surface area (Å²) in [7, 11) is 5.54. The fourth-order valence-corrected chi connectivity index (χ4v) is 1.70. The molecule has 6 nitrogen and oxygen atoms in total. The van der Waals surface area contributed by atoms with Crippen LogP contribution in [0, 0.1) is 0 Å². The van der Waals surface area contributed by atoms with E-state index in [1.54, 1.807) is 13.3 Å². The predicted molar refractivity (Wildman–Crippen MR) is 77.0 cm³/mol. The Labute approximate surface area is 118 Å². The largest absolute Gasteiger partial charge is 0.385 e. The molecule has 0 saturated heterocycles. The van der Waals surface area contributed by atoms with Gasteiger partial charge in [0.1, 0.15) is 5.02 Å². The summed E-state index contributed by atoms with van der Waals surface area (Å²) in [6, 6.07) is 0. The van der Waals surface area contributed by atoms with Crippen LogP contribution in [0.5, 0.6) is 0 Å². The van der Waals surface area contributed by atoms with Crippen molar-refractivity contribution in [3.63, 3.8) is 0 Å². The van der Waals surface area contributed by atoms with Crippen molar-refractivity contribution < 1.29 is 4.74 Å². The molecule has 1 rings (SSSR count). The number of anilines is 1. The molecule has 1 heterocycles. The van der Waals surface area contributed by atoms with Crippen LogP contribution >= 0.6 is 11.6 Å². The number of hydrogen-bond donors (Lipinski definition) is 1. The average Bonchev–Trinajstić information content (AvgIpc) is 2.38. The van der Waals surface area contributed by atoms with Gasteiger partial charge in [-0.2, -0.15) is 5.10 Å². The van der Waals surface area contributed by atoms with Gasteiger partial charge in [-0.1, -0.05) is 11.6 Å². The molecule has 0 radical (unpaired) electrons. The molecule has 0 aliphatic heterocycles. The first-order chi connectivity index (χ1) is 9.06. The molecule has 0 fully saturated rings. The van der Waals surface area contributed by atoms with E-state index in [0.29, 0.717) is 25.4 Å². The maximum atomic E-state index is 12.0. The monoisotopic (exact) mass is 288 g/mol. The number of rotatable bonds is 8. The van der Waals surface area contributed by atoms with Gasteiger partial charge in [-0.05, 0) is 20.5 Å². The first-order valence-electron chi connectivity index (χ1n) is 6.19. The van der Waals surface area contributed by atoms with E-state index in [1.807, 2.05) is 19.0 Å². The Morgan fingerprint density at radius 1 is 1.53 bits per heavy atom. The summed E-state index contributed by atoms with van der Waals surface area (Å²) in [5.74, 6) is 0. The summed E-state index contributed by atoms with van der Waals surface area (Å²) < 4.78 is 6.33. The van der Waals surface area contributed by atoms with Gasteiger partial charge in [-0.25, -0.2) is 4.68 Å². The van der Waals surface area contributed by atoms with Crippen molar-refractivity contribution >= 4 is 17.3 Å². The molecule has 0 spiro atoms. The number of aromatic nitrogens is 2. The fourth-order valence-electron chi connectivity index (χ4n) is 1.48. The van der Waals surface area contributed by atoms with Crippen molar-refractivity contribution in [1.29, 1.82) is 0 Å². The van der Waals surface area contributed by atoms with Crippen molar-refractivity contribution in [3.8, 4) is 0 Å². The predicted octanol–water partition coefficient (Wildman–Crippen LogP) is 0.907. The minimum Gasteiger partial charge on any atom is -0.385 e. The molecule has 0 amide bonds. The minimum atomic E-state index is -0.264. The Bertz CT molecular complexity index is 448. The van der Waals surface area contributed by atoms with Gasteiger partial charge in [-0.3, -0.25) is 4.79 Å². The van der Waals surface area contributed by atoms with Crippen LogP contribution in [0.25, 0.3) is 0 Å². The molecule has 0 saturated carbocycles. The molecule has 19 heavy (non-hydrogen) atoms. The van der Waals surface area contributed by atoms with Crippen molar-refractivity contribution in [2.45, 2.75) is 13.0 Å². The highest BCUT2D eigenvalue weighted by Gasteiger charge is 2.08. The zero-order valence-corrected chi connectivity index (χ0v) is 12.4. The molecular weight excluding hydrogens is 268 g/mol. The highest BCUT2D eigenvalue weighted by Crippen LogP contribution is 2.14. The van der Waals surface area contributed by atoms with Crippen LogP contribution in [0.4, 0.5) is 5.69 Å². The number of likely N-dealkylation sites (N-methyl/N-ethyl adjacent to an activating group) is 1. The highest BCUT2D eigenvalue weighted by molar-refractivity contribution is 6.32. The summed E-state index contributed by atoms with van der Waals surface area (Å²) >= 11 is 6.05. The van der Waals surface area contributed by atoms with Crippen molar-refractivity contribution in [2.75, 3.05) is 46.2 Å². The number of nitrogens with zero attached hydrogens (tertiary/aromatic N) is 3. The van der Waals surface area contributed by atoms with E-state index in [4.69, 9.17) is 16.3 Å². The standard InChI is InChI=1S/C12H21ClN4O2/c1-16(2)6-7-17-12(18)11(13)10(9-15-17)14-5-4-8-19-3/h9,14H,4-8H2,1-3H3. The third kappa shape index (κ3) is 5.18. The molecule has 1 N–H and O–H groups in total. The van der Waals surface area contributed by atoms with Crippen LogP contribution in [0.1, 0.15) is 6.42 Å². The molecule has 1 aromatic rings. The third-order valence-electron chi connectivity index (χ3n) is 2.58. The van der Waals surface area contributed by atoms with Crippen LogP contribution in [-0.2, 0) is 11.3 Å². The zero-order chi connectivity index (χ0) is 14.3. The molecular formula is C12H21ClN4O2. The molecule has 7 heteroatoms. The second-order valence-corrected chi connectivity index (χ2v) is 4.85. The molecule has 0 bridgehead atoms. The maximum absolute atomic E-state index is 12.0. The van der Waals surface area contributed by atoms with E-state index in [1.165, 1.54) is 4.68 Å². The van der Waals surface area contributed by atoms with E-state index >= 15 is 0 Å². The van der Waals surface area contributed by atoms with Gasteiger partial charge >= 0.3 is 0 Å². The molecule has 108 valence electrons. The van der Waals surface area contributed by atoms with Crippen LogP contribution in [0.2, 0.25) is 5.02 Å². The second-order valence-electron chi connectivity index (χ2n) is 4.48. The minimum absolute atomic E-state index is 0.186. The van der Waals surface area contributed by atoms with Gasteiger partial charge in [0.15, 0.2) is 0 Å². The second kappa shape index (κ2) is 8.14. The highest BCUT2D eigenvalue weighted by atomic mass is 35.5. The van der Waals surface area contributed by atoms with E-state index in [0.717, 1.165) is 13.0 Å². The average molecular weight is 289 g/mol.